The van der Waals surface area contributed by atoms with E-state index in [4.69, 9.17) is 0 Å². The molecule has 0 bridgehead atoms. The summed E-state index contributed by atoms with van der Waals surface area (Å²) >= 11 is 0. The molecule has 2 aromatic rings. The highest BCUT2D eigenvalue weighted by Gasteiger charge is 2.31. The molecule has 0 spiro atoms. The molecule has 0 saturated heterocycles. The first-order valence-electron chi connectivity index (χ1n) is 8.17. The van der Waals surface area contributed by atoms with Crippen molar-refractivity contribution in [2.24, 2.45) is 0 Å². The Kier molecular flexibility index (Phi) is 4.24. The van der Waals surface area contributed by atoms with E-state index < -0.39 is 0 Å². The van der Waals surface area contributed by atoms with Crippen LogP contribution >= 0.6 is 0 Å². The summed E-state index contributed by atoms with van der Waals surface area (Å²) in [6.45, 7) is 4.44. The Hall–Kier alpha value is -2.48. The van der Waals surface area contributed by atoms with Gasteiger partial charge in [0.15, 0.2) is 0 Å². The van der Waals surface area contributed by atoms with Crippen LogP contribution in [0.15, 0.2) is 72.1 Å². The van der Waals surface area contributed by atoms with Crippen LogP contribution in [0.3, 0.4) is 0 Å². The molecule has 2 nitrogen and oxygen atoms in total. The van der Waals surface area contributed by atoms with E-state index in [1.54, 1.807) is 0 Å². The fourth-order valence-corrected chi connectivity index (χ4v) is 3.34. The molecule has 1 aliphatic rings. The van der Waals surface area contributed by atoms with Crippen LogP contribution < -0.4 is 0 Å². The molecular weight excluding hydrogens is 280 g/mol. The van der Waals surface area contributed by atoms with Crippen molar-refractivity contribution in [2.75, 3.05) is 14.1 Å². The molecule has 0 aliphatic carbocycles. The predicted molar refractivity (Wildman–Crippen MR) is 98.2 cm³/mol. The number of nitrogens with zero attached hydrogens (tertiary/aromatic N) is 2. The zero-order valence-corrected chi connectivity index (χ0v) is 14.4. The topological polar surface area (TPSA) is 6.48 Å². The lowest BCUT2D eigenvalue weighted by molar-refractivity contribution is 0.452. The molecule has 2 aromatic carbocycles. The first kappa shape index (κ1) is 15.4. The van der Waals surface area contributed by atoms with Crippen molar-refractivity contribution in [3.8, 4) is 0 Å². The third kappa shape index (κ3) is 2.65. The van der Waals surface area contributed by atoms with Crippen LogP contribution in [0.1, 0.15) is 31.4 Å². The van der Waals surface area contributed by atoms with Gasteiger partial charge in [0.1, 0.15) is 5.82 Å². The molecular formula is C21H24N2. The highest BCUT2D eigenvalue weighted by molar-refractivity contribution is 5.93. The van der Waals surface area contributed by atoms with E-state index >= 15 is 0 Å². The Morgan fingerprint density at radius 2 is 1.13 bits per heavy atom. The number of benzene rings is 2. The lowest BCUT2D eigenvalue weighted by Gasteiger charge is -2.24. The Labute approximate surface area is 139 Å². The monoisotopic (exact) mass is 304 g/mol. The molecule has 1 heterocycles. The van der Waals surface area contributed by atoms with Gasteiger partial charge < -0.3 is 9.80 Å². The van der Waals surface area contributed by atoms with Gasteiger partial charge in [0.25, 0.3) is 0 Å². The summed E-state index contributed by atoms with van der Waals surface area (Å²) < 4.78 is 0. The minimum atomic E-state index is 1.05. The van der Waals surface area contributed by atoms with Gasteiger partial charge in [-0.3, -0.25) is 0 Å². The van der Waals surface area contributed by atoms with Gasteiger partial charge in [0, 0.05) is 25.2 Å². The zero-order chi connectivity index (χ0) is 16.4. The van der Waals surface area contributed by atoms with Crippen molar-refractivity contribution in [3.63, 3.8) is 0 Å². The smallest absolute Gasteiger partial charge is 0.111 e. The van der Waals surface area contributed by atoms with Crippen molar-refractivity contribution in [2.45, 2.75) is 20.3 Å². The second-order valence-corrected chi connectivity index (χ2v) is 6.00. The van der Waals surface area contributed by atoms with Crippen molar-refractivity contribution in [3.05, 3.63) is 83.2 Å². The van der Waals surface area contributed by atoms with Crippen LogP contribution in [-0.4, -0.2) is 23.9 Å². The average Bonchev–Trinajstić information content (AvgIpc) is 2.86. The second-order valence-electron chi connectivity index (χ2n) is 6.00. The average molecular weight is 304 g/mol. The molecule has 0 atom stereocenters. The predicted octanol–water partition coefficient (Wildman–Crippen LogP) is 5.03. The molecule has 0 unspecified atom stereocenters. The standard InChI is InChI=1S/C21H24N2/c1-5-16(2)21-22(3)19(17-12-8-6-9-13-17)20(23(21)4)18-14-10-7-11-15-18/h6-15H,5H2,1-4H3. The van der Waals surface area contributed by atoms with E-state index in [2.05, 4.69) is 98.4 Å². The fourth-order valence-electron chi connectivity index (χ4n) is 3.34. The molecule has 0 N–H and O–H groups in total. The summed E-state index contributed by atoms with van der Waals surface area (Å²) in [5, 5.41) is 0. The van der Waals surface area contributed by atoms with Gasteiger partial charge in [0.2, 0.25) is 0 Å². The summed E-state index contributed by atoms with van der Waals surface area (Å²) in [7, 11) is 4.34. The molecule has 0 amide bonds. The SMILES string of the molecule is CCC(C)=C1N(C)C(c2ccccc2)=C(c2ccccc2)N1C. The summed E-state index contributed by atoms with van der Waals surface area (Å²) in [5.74, 6) is 1.28. The normalized spacial score (nSPS) is 14.7. The summed E-state index contributed by atoms with van der Waals surface area (Å²) in [5.41, 5.74) is 6.43. The van der Waals surface area contributed by atoms with Crippen LogP contribution in [0.25, 0.3) is 11.4 Å². The number of hydrogen-bond donors (Lipinski definition) is 0. The van der Waals surface area contributed by atoms with Gasteiger partial charge in [0.05, 0.1) is 11.4 Å². The fraction of sp³-hybridized carbons (Fsp3) is 0.238. The second kappa shape index (κ2) is 6.33. The summed E-state index contributed by atoms with van der Waals surface area (Å²) in [4.78, 5) is 4.66. The molecule has 118 valence electrons. The quantitative estimate of drug-likeness (QED) is 0.784. The highest BCUT2D eigenvalue weighted by Crippen LogP contribution is 2.42. The lowest BCUT2D eigenvalue weighted by atomic mass is 10.1. The van der Waals surface area contributed by atoms with Gasteiger partial charge in [-0.15, -0.1) is 0 Å². The molecule has 2 heteroatoms. The van der Waals surface area contributed by atoms with Gasteiger partial charge in [-0.05, 0) is 18.9 Å². The van der Waals surface area contributed by atoms with Crippen molar-refractivity contribution >= 4 is 11.4 Å². The molecule has 23 heavy (non-hydrogen) atoms. The van der Waals surface area contributed by atoms with Crippen molar-refractivity contribution in [1.29, 1.82) is 0 Å². The maximum atomic E-state index is 2.33. The summed E-state index contributed by atoms with van der Waals surface area (Å²) in [6, 6.07) is 21.3. The third-order valence-electron chi connectivity index (χ3n) is 4.54. The number of allylic oxidation sites excluding steroid dienone is 1. The molecule has 3 rings (SSSR count). The lowest BCUT2D eigenvalue weighted by Crippen LogP contribution is -2.20. The number of hydrogen-bond acceptors (Lipinski definition) is 2. The molecule has 0 radical (unpaired) electrons. The van der Waals surface area contributed by atoms with Gasteiger partial charge in [-0.25, -0.2) is 0 Å². The Morgan fingerprint density at radius 3 is 1.48 bits per heavy atom. The van der Waals surface area contributed by atoms with Crippen LogP contribution in [0, 0.1) is 0 Å². The van der Waals surface area contributed by atoms with Crippen LogP contribution in [0.2, 0.25) is 0 Å². The molecule has 0 aromatic heterocycles. The molecule has 0 saturated carbocycles. The van der Waals surface area contributed by atoms with Crippen LogP contribution in [0.5, 0.6) is 0 Å². The first-order valence-corrected chi connectivity index (χ1v) is 8.17. The van der Waals surface area contributed by atoms with Crippen molar-refractivity contribution in [1.82, 2.24) is 9.80 Å². The molecule has 1 aliphatic heterocycles. The van der Waals surface area contributed by atoms with E-state index in [0.717, 1.165) is 6.42 Å². The van der Waals surface area contributed by atoms with Gasteiger partial charge >= 0.3 is 0 Å². The third-order valence-corrected chi connectivity index (χ3v) is 4.54. The van der Waals surface area contributed by atoms with Gasteiger partial charge in [-0.1, -0.05) is 67.6 Å². The minimum Gasteiger partial charge on any atom is -0.329 e. The molecule has 0 fully saturated rings. The van der Waals surface area contributed by atoms with E-state index in [1.165, 1.54) is 33.9 Å². The van der Waals surface area contributed by atoms with E-state index in [-0.39, 0.29) is 0 Å². The zero-order valence-electron chi connectivity index (χ0n) is 14.4. The van der Waals surface area contributed by atoms with Crippen LogP contribution in [0.4, 0.5) is 0 Å². The Balaban J connectivity index is 2.25. The largest absolute Gasteiger partial charge is 0.329 e. The summed E-state index contributed by atoms with van der Waals surface area (Å²) in [6.07, 6.45) is 1.05. The number of rotatable bonds is 3. The van der Waals surface area contributed by atoms with E-state index in [9.17, 15) is 0 Å². The Bertz CT molecular complexity index is 684. The maximum Gasteiger partial charge on any atom is 0.111 e. The van der Waals surface area contributed by atoms with E-state index in [0.29, 0.717) is 0 Å². The maximum absolute atomic E-state index is 2.33. The van der Waals surface area contributed by atoms with E-state index in [1.807, 2.05) is 0 Å². The Morgan fingerprint density at radius 1 is 0.739 bits per heavy atom. The van der Waals surface area contributed by atoms with Crippen molar-refractivity contribution < 1.29 is 0 Å². The highest BCUT2D eigenvalue weighted by atomic mass is 15.4. The van der Waals surface area contributed by atoms with Crippen LogP contribution in [-0.2, 0) is 0 Å². The minimum absolute atomic E-state index is 1.05. The first-order chi connectivity index (χ1) is 11.1. The van der Waals surface area contributed by atoms with Gasteiger partial charge in [-0.2, -0.15) is 0 Å².